The Hall–Kier alpha value is -1.36. The largest absolute Gasteiger partial charge is 0.422 e. The third-order valence-corrected chi connectivity index (χ3v) is 4.82. The number of hydrogen-bond donors (Lipinski definition) is 0. The molecule has 4 nitrogen and oxygen atoms in total. The van der Waals surface area contributed by atoms with Crippen LogP contribution in [0.3, 0.4) is 0 Å². The van der Waals surface area contributed by atoms with Gasteiger partial charge in [0, 0.05) is 12.8 Å². The van der Waals surface area contributed by atoms with Crippen molar-refractivity contribution in [2.45, 2.75) is 79.1 Å². The molecule has 0 fully saturated rings. The highest BCUT2D eigenvalue weighted by Gasteiger charge is 2.16. The van der Waals surface area contributed by atoms with E-state index in [0.717, 1.165) is 38.5 Å². The van der Waals surface area contributed by atoms with Gasteiger partial charge in [-0.25, -0.2) is 0 Å². The summed E-state index contributed by atoms with van der Waals surface area (Å²) >= 11 is 3.38. The number of carbonyl (C=O) groups excluding carboxylic acids is 2. The van der Waals surface area contributed by atoms with E-state index in [4.69, 9.17) is 9.47 Å². The lowest BCUT2D eigenvalue weighted by Gasteiger charge is -2.12. The molecule has 0 N–H and O–H groups in total. The molecule has 0 aliphatic rings. The van der Waals surface area contributed by atoms with E-state index in [1.807, 2.05) is 0 Å². The zero-order valence-electron chi connectivity index (χ0n) is 17.1. The van der Waals surface area contributed by atoms with Crippen molar-refractivity contribution >= 4 is 27.9 Å². The van der Waals surface area contributed by atoms with Crippen LogP contribution in [0.15, 0.2) is 22.7 Å². The molecule has 0 bridgehead atoms. The maximum absolute atomic E-state index is 12.1. The molecule has 0 spiro atoms. The number of unbranched alkanes of at least 4 members (excludes halogenated alkanes) is 2. The van der Waals surface area contributed by atoms with Crippen molar-refractivity contribution in [1.82, 2.24) is 0 Å². The summed E-state index contributed by atoms with van der Waals surface area (Å²) in [6.07, 6.45) is 6.52. The lowest BCUT2D eigenvalue weighted by Crippen LogP contribution is -2.12. The van der Waals surface area contributed by atoms with Crippen molar-refractivity contribution in [3.63, 3.8) is 0 Å². The van der Waals surface area contributed by atoms with Gasteiger partial charge < -0.3 is 9.47 Å². The van der Waals surface area contributed by atoms with Crippen LogP contribution in [0.4, 0.5) is 0 Å². The first kappa shape index (κ1) is 23.7. The summed E-state index contributed by atoms with van der Waals surface area (Å²) in [6.45, 7) is 8.68. The first-order valence-corrected chi connectivity index (χ1v) is 10.8. The Labute approximate surface area is 172 Å². The quantitative estimate of drug-likeness (QED) is 0.206. The lowest BCUT2D eigenvalue weighted by molar-refractivity contribution is -0.137. The van der Waals surface area contributed by atoms with E-state index in [1.54, 1.807) is 18.2 Å². The van der Waals surface area contributed by atoms with Crippen molar-refractivity contribution < 1.29 is 19.1 Å². The van der Waals surface area contributed by atoms with E-state index in [-0.39, 0.29) is 23.4 Å². The minimum atomic E-state index is -0.306. The molecule has 0 atom stereocenters. The van der Waals surface area contributed by atoms with Crippen LogP contribution in [0.5, 0.6) is 11.5 Å². The molecular weight excluding hydrogens is 408 g/mol. The predicted molar refractivity (Wildman–Crippen MR) is 112 cm³/mol. The van der Waals surface area contributed by atoms with E-state index < -0.39 is 0 Å². The van der Waals surface area contributed by atoms with Crippen LogP contribution in [0.25, 0.3) is 0 Å². The first-order valence-electron chi connectivity index (χ1n) is 9.99. The highest BCUT2D eigenvalue weighted by Crippen LogP contribution is 2.36. The average molecular weight is 441 g/mol. The molecule has 1 aromatic rings. The third kappa shape index (κ3) is 10.5. The molecule has 0 aliphatic carbocycles. The van der Waals surface area contributed by atoms with Gasteiger partial charge in [-0.2, -0.15) is 0 Å². The predicted octanol–water partition coefficient (Wildman–Crippen LogP) is 6.69. The zero-order valence-corrected chi connectivity index (χ0v) is 18.6. The highest BCUT2D eigenvalue weighted by atomic mass is 79.9. The highest BCUT2D eigenvalue weighted by molar-refractivity contribution is 9.10. The molecule has 0 amide bonds. The van der Waals surface area contributed by atoms with Gasteiger partial charge in [0.25, 0.3) is 0 Å². The Morgan fingerprint density at radius 3 is 1.89 bits per heavy atom. The summed E-state index contributed by atoms with van der Waals surface area (Å²) < 4.78 is 11.5. The Balaban J connectivity index is 2.55. The van der Waals surface area contributed by atoms with Crippen LogP contribution in [0.1, 0.15) is 79.1 Å². The van der Waals surface area contributed by atoms with E-state index in [2.05, 4.69) is 43.6 Å². The summed E-state index contributed by atoms with van der Waals surface area (Å²) in [5, 5.41) is 0. The van der Waals surface area contributed by atoms with Gasteiger partial charge in [0.2, 0.25) is 0 Å². The van der Waals surface area contributed by atoms with Gasteiger partial charge in [-0.05, 0) is 52.7 Å². The smallest absolute Gasteiger partial charge is 0.311 e. The summed E-state index contributed by atoms with van der Waals surface area (Å²) in [5.74, 6) is 1.23. The van der Waals surface area contributed by atoms with Gasteiger partial charge in [-0.3, -0.25) is 9.59 Å². The summed E-state index contributed by atoms with van der Waals surface area (Å²) in [4.78, 5) is 24.2. The van der Waals surface area contributed by atoms with E-state index in [9.17, 15) is 9.59 Å². The SMILES string of the molecule is CC(C)CCCCC(=O)Oc1cccc(Br)c1OC(=O)CCCCC(C)C. The minimum Gasteiger partial charge on any atom is -0.422 e. The number of benzene rings is 1. The molecule has 0 unspecified atom stereocenters. The molecule has 0 radical (unpaired) electrons. The molecule has 0 saturated carbocycles. The van der Waals surface area contributed by atoms with Gasteiger partial charge in [-0.15, -0.1) is 0 Å². The minimum absolute atomic E-state index is 0.280. The topological polar surface area (TPSA) is 52.6 Å². The van der Waals surface area contributed by atoms with E-state index in [0.29, 0.717) is 29.2 Å². The van der Waals surface area contributed by atoms with Crippen LogP contribution in [-0.2, 0) is 9.59 Å². The number of para-hydroxylation sites is 1. The van der Waals surface area contributed by atoms with Gasteiger partial charge in [0.15, 0.2) is 11.5 Å². The molecule has 1 aromatic carbocycles. The standard InChI is InChI=1S/C22H33BrO4/c1-16(2)10-5-7-14-20(24)26-19-13-9-12-18(23)22(19)27-21(25)15-8-6-11-17(3)4/h9,12-13,16-17H,5-8,10-11,14-15H2,1-4H3. The molecule has 0 aliphatic heterocycles. The average Bonchev–Trinajstić information content (AvgIpc) is 2.58. The van der Waals surface area contributed by atoms with Crippen LogP contribution in [-0.4, -0.2) is 11.9 Å². The summed E-state index contributed by atoms with van der Waals surface area (Å²) in [6, 6.07) is 5.17. The zero-order chi connectivity index (χ0) is 20.2. The van der Waals surface area contributed by atoms with Crippen molar-refractivity contribution in [3.05, 3.63) is 22.7 Å². The van der Waals surface area contributed by atoms with Crippen LogP contribution < -0.4 is 9.47 Å². The van der Waals surface area contributed by atoms with Crippen molar-refractivity contribution in [2.24, 2.45) is 11.8 Å². The molecule has 5 heteroatoms. The van der Waals surface area contributed by atoms with Crippen molar-refractivity contribution in [3.8, 4) is 11.5 Å². The maximum atomic E-state index is 12.1. The maximum Gasteiger partial charge on any atom is 0.311 e. The van der Waals surface area contributed by atoms with Gasteiger partial charge in [0.1, 0.15) is 0 Å². The lowest BCUT2D eigenvalue weighted by atomic mass is 10.1. The third-order valence-electron chi connectivity index (χ3n) is 4.20. The molecule has 0 heterocycles. The molecule has 1 rings (SSSR count). The molecular formula is C22H33BrO4. The number of carbonyl (C=O) groups is 2. The number of hydrogen-bond acceptors (Lipinski definition) is 4. The fourth-order valence-corrected chi connectivity index (χ4v) is 3.08. The second kappa shape index (κ2) is 12.9. The Bertz CT molecular complexity index is 596. The molecule has 0 aromatic heterocycles. The first-order chi connectivity index (χ1) is 12.8. The number of halogens is 1. The Kier molecular flexibility index (Phi) is 11.3. The van der Waals surface area contributed by atoms with Gasteiger partial charge in [0.05, 0.1) is 4.47 Å². The summed E-state index contributed by atoms with van der Waals surface area (Å²) in [5.41, 5.74) is 0. The number of ether oxygens (including phenoxy) is 2. The van der Waals surface area contributed by atoms with Crippen LogP contribution in [0, 0.1) is 11.8 Å². The Morgan fingerprint density at radius 2 is 1.37 bits per heavy atom. The van der Waals surface area contributed by atoms with Crippen molar-refractivity contribution in [2.75, 3.05) is 0 Å². The second-order valence-electron chi connectivity index (χ2n) is 7.79. The summed E-state index contributed by atoms with van der Waals surface area (Å²) in [7, 11) is 0. The molecule has 27 heavy (non-hydrogen) atoms. The molecule has 0 saturated heterocycles. The van der Waals surface area contributed by atoms with Gasteiger partial charge in [-0.1, -0.05) is 59.4 Å². The van der Waals surface area contributed by atoms with Gasteiger partial charge >= 0.3 is 11.9 Å². The fourth-order valence-electron chi connectivity index (χ4n) is 2.65. The van der Waals surface area contributed by atoms with E-state index >= 15 is 0 Å². The van der Waals surface area contributed by atoms with Crippen molar-refractivity contribution in [1.29, 1.82) is 0 Å². The second-order valence-corrected chi connectivity index (χ2v) is 8.65. The molecule has 152 valence electrons. The van der Waals surface area contributed by atoms with Crippen LogP contribution in [0.2, 0.25) is 0 Å². The monoisotopic (exact) mass is 440 g/mol. The van der Waals surface area contributed by atoms with E-state index in [1.165, 1.54) is 0 Å². The number of esters is 2. The Morgan fingerprint density at radius 1 is 0.852 bits per heavy atom. The normalized spacial score (nSPS) is 11.1. The number of rotatable bonds is 12. The fraction of sp³-hybridized carbons (Fsp3) is 0.636. The van der Waals surface area contributed by atoms with Crippen LogP contribution >= 0.6 is 15.9 Å².